The molecule has 0 saturated carbocycles. The average Bonchev–Trinajstić information content (AvgIpc) is 3.18. The second-order valence-electron chi connectivity index (χ2n) is 8.14. The lowest BCUT2D eigenvalue weighted by atomic mass is 9.95. The number of hydrogen-bond donors (Lipinski definition) is 2. The van der Waals surface area contributed by atoms with Crippen molar-refractivity contribution in [2.45, 2.75) is 45.6 Å². The van der Waals surface area contributed by atoms with Crippen LogP contribution in [0.4, 0.5) is 16.4 Å². The number of aryl methyl sites for hydroxylation is 1. The summed E-state index contributed by atoms with van der Waals surface area (Å²) in [6.45, 7) is 7.20. The molecule has 2 aliphatic rings. The SMILES string of the molecule is CCOC(=O)c1c(NC(=O)[C@H](C)Nc2ccc(N3CCOCC3)cc2)sc2c1CCCC2. The molecule has 1 aliphatic heterocycles. The number of carbonyl (C=O) groups excluding carboxylic acids is 2. The Morgan fingerprint density at radius 3 is 2.59 bits per heavy atom. The van der Waals surface area contributed by atoms with Gasteiger partial charge in [-0.3, -0.25) is 4.79 Å². The molecule has 0 spiro atoms. The van der Waals surface area contributed by atoms with E-state index in [-0.39, 0.29) is 11.9 Å². The number of carbonyl (C=O) groups is 2. The lowest BCUT2D eigenvalue weighted by Crippen LogP contribution is -2.36. The quantitative estimate of drug-likeness (QED) is 0.610. The maximum Gasteiger partial charge on any atom is 0.341 e. The standard InChI is InChI=1S/C24H31N3O4S/c1-3-31-24(29)21-19-6-4-5-7-20(19)32-23(21)26-22(28)16(2)25-17-8-10-18(11-9-17)27-12-14-30-15-13-27/h8-11,16,25H,3-7,12-15H2,1-2H3,(H,26,28)/t16-/m0/s1. The normalized spacial score (nSPS) is 16.8. The third-order valence-electron chi connectivity index (χ3n) is 5.91. The van der Waals surface area contributed by atoms with Gasteiger partial charge in [-0.05, 0) is 69.4 Å². The number of ether oxygens (including phenoxy) is 2. The Bertz CT molecular complexity index is 951. The van der Waals surface area contributed by atoms with Crippen LogP contribution in [0.3, 0.4) is 0 Å². The van der Waals surface area contributed by atoms with Crippen molar-refractivity contribution in [3.8, 4) is 0 Å². The Morgan fingerprint density at radius 2 is 1.88 bits per heavy atom. The van der Waals surface area contributed by atoms with Gasteiger partial charge in [0.25, 0.3) is 0 Å². The van der Waals surface area contributed by atoms with E-state index in [0.717, 1.165) is 68.9 Å². The average molecular weight is 458 g/mol. The monoisotopic (exact) mass is 457 g/mol. The number of fused-ring (bicyclic) bond motifs is 1. The van der Waals surface area contributed by atoms with Gasteiger partial charge in [0, 0.05) is 29.3 Å². The van der Waals surface area contributed by atoms with Crippen LogP contribution in [0, 0.1) is 0 Å². The van der Waals surface area contributed by atoms with Crippen molar-refractivity contribution in [3.05, 3.63) is 40.3 Å². The van der Waals surface area contributed by atoms with Crippen LogP contribution in [0.15, 0.2) is 24.3 Å². The summed E-state index contributed by atoms with van der Waals surface area (Å²) >= 11 is 1.51. The number of hydrogen-bond acceptors (Lipinski definition) is 7. The van der Waals surface area contributed by atoms with E-state index >= 15 is 0 Å². The van der Waals surface area contributed by atoms with Gasteiger partial charge in [0.15, 0.2) is 0 Å². The summed E-state index contributed by atoms with van der Waals surface area (Å²) in [5, 5.41) is 6.85. The lowest BCUT2D eigenvalue weighted by molar-refractivity contribution is -0.116. The van der Waals surface area contributed by atoms with Crippen LogP contribution in [-0.4, -0.2) is 50.8 Å². The molecule has 0 radical (unpaired) electrons. The first-order valence-corrected chi connectivity index (χ1v) is 12.2. The van der Waals surface area contributed by atoms with Crippen molar-refractivity contribution in [2.24, 2.45) is 0 Å². The minimum Gasteiger partial charge on any atom is -0.462 e. The molecular formula is C24H31N3O4S. The Labute approximate surface area is 193 Å². The van der Waals surface area contributed by atoms with E-state index in [9.17, 15) is 9.59 Å². The highest BCUT2D eigenvalue weighted by atomic mass is 32.1. The van der Waals surface area contributed by atoms with E-state index in [4.69, 9.17) is 9.47 Å². The minimum absolute atomic E-state index is 0.175. The molecule has 32 heavy (non-hydrogen) atoms. The number of benzene rings is 1. The molecule has 4 rings (SSSR count). The summed E-state index contributed by atoms with van der Waals surface area (Å²) in [6.07, 6.45) is 3.98. The van der Waals surface area contributed by atoms with E-state index in [2.05, 4.69) is 27.7 Å². The van der Waals surface area contributed by atoms with Gasteiger partial charge in [-0.15, -0.1) is 11.3 Å². The second kappa shape index (κ2) is 10.4. The Balaban J connectivity index is 1.42. The predicted octanol–water partition coefficient (Wildman–Crippen LogP) is 4.08. The first-order valence-electron chi connectivity index (χ1n) is 11.4. The van der Waals surface area contributed by atoms with Crippen molar-refractivity contribution < 1.29 is 19.1 Å². The molecule has 0 unspecified atom stereocenters. The molecule has 1 atom stereocenters. The zero-order valence-electron chi connectivity index (χ0n) is 18.7. The number of morpholine rings is 1. The van der Waals surface area contributed by atoms with Crippen LogP contribution < -0.4 is 15.5 Å². The number of nitrogens with zero attached hydrogens (tertiary/aromatic N) is 1. The van der Waals surface area contributed by atoms with E-state index in [1.807, 2.05) is 19.1 Å². The summed E-state index contributed by atoms with van der Waals surface area (Å²) in [5.41, 5.74) is 3.62. The van der Waals surface area contributed by atoms with Crippen LogP contribution in [0.1, 0.15) is 47.5 Å². The molecule has 2 heterocycles. The van der Waals surface area contributed by atoms with Crippen LogP contribution in [0.5, 0.6) is 0 Å². The van der Waals surface area contributed by atoms with Gasteiger partial charge in [-0.25, -0.2) is 4.79 Å². The number of anilines is 3. The van der Waals surface area contributed by atoms with Gasteiger partial charge in [0.05, 0.1) is 25.4 Å². The van der Waals surface area contributed by atoms with E-state index in [1.54, 1.807) is 6.92 Å². The van der Waals surface area contributed by atoms with Crippen LogP contribution in [0.2, 0.25) is 0 Å². The van der Waals surface area contributed by atoms with Gasteiger partial charge in [-0.1, -0.05) is 0 Å². The minimum atomic E-state index is -0.460. The number of esters is 1. The van der Waals surface area contributed by atoms with Crippen LogP contribution in [-0.2, 0) is 27.1 Å². The van der Waals surface area contributed by atoms with Crippen molar-refractivity contribution in [1.29, 1.82) is 0 Å². The van der Waals surface area contributed by atoms with Crippen LogP contribution in [0.25, 0.3) is 0 Å². The summed E-state index contributed by atoms with van der Waals surface area (Å²) in [6, 6.07) is 7.64. The van der Waals surface area contributed by atoms with Crippen molar-refractivity contribution in [3.63, 3.8) is 0 Å². The molecule has 7 nitrogen and oxygen atoms in total. The van der Waals surface area contributed by atoms with E-state index < -0.39 is 6.04 Å². The molecular weight excluding hydrogens is 426 g/mol. The topological polar surface area (TPSA) is 79.9 Å². The highest BCUT2D eigenvalue weighted by Crippen LogP contribution is 2.38. The molecule has 8 heteroatoms. The maximum atomic E-state index is 12.9. The fraction of sp³-hybridized carbons (Fsp3) is 0.500. The maximum absolute atomic E-state index is 12.9. The van der Waals surface area contributed by atoms with Crippen molar-refractivity contribution in [2.75, 3.05) is 48.4 Å². The highest BCUT2D eigenvalue weighted by molar-refractivity contribution is 7.17. The van der Waals surface area contributed by atoms with Gasteiger partial charge in [0.2, 0.25) is 5.91 Å². The molecule has 1 fully saturated rings. The van der Waals surface area contributed by atoms with Gasteiger partial charge in [-0.2, -0.15) is 0 Å². The smallest absolute Gasteiger partial charge is 0.341 e. The van der Waals surface area contributed by atoms with Crippen molar-refractivity contribution in [1.82, 2.24) is 0 Å². The van der Waals surface area contributed by atoms with E-state index in [1.165, 1.54) is 16.2 Å². The largest absolute Gasteiger partial charge is 0.462 e. The van der Waals surface area contributed by atoms with Crippen molar-refractivity contribution >= 4 is 39.6 Å². The summed E-state index contributed by atoms with van der Waals surface area (Å²) < 4.78 is 10.7. The molecule has 1 aromatic heterocycles. The number of rotatable bonds is 7. The molecule has 1 saturated heterocycles. The zero-order valence-corrected chi connectivity index (χ0v) is 19.6. The molecule has 2 N–H and O–H groups in total. The Morgan fingerprint density at radius 1 is 1.16 bits per heavy atom. The first kappa shape index (κ1) is 22.6. The van der Waals surface area contributed by atoms with Gasteiger partial charge < -0.3 is 25.0 Å². The summed E-state index contributed by atoms with van der Waals surface area (Å²) in [5.74, 6) is -0.520. The third-order valence-corrected chi connectivity index (χ3v) is 7.11. The van der Waals surface area contributed by atoms with Crippen LogP contribution >= 0.6 is 11.3 Å². The fourth-order valence-corrected chi connectivity index (χ4v) is 5.48. The number of amides is 1. The Kier molecular flexibility index (Phi) is 7.32. The zero-order chi connectivity index (χ0) is 22.5. The molecule has 1 aromatic carbocycles. The summed E-state index contributed by atoms with van der Waals surface area (Å²) in [4.78, 5) is 29.0. The summed E-state index contributed by atoms with van der Waals surface area (Å²) in [7, 11) is 0. The molecule has 1 amide bonds. The fourth-order valence-electron chi connectivity index (χ4n) is 4.20. The second-order valence-corrected chi connectivity index (χ2v) is 9.24. The van der Waals surface area contributed by atoms with E-state index in [0.29, 0.717) is 17.2 Å². The Hall–Kier alpha value is -2.58. The number of nitrogens with one attached hydrogen (secondary N) is 2. The highest BCUT2D eigenvalue weighted by Gasteiger charge is 2.28. The van der Waals surface area contributed by atoms with Gasteiger partial charge >= 0.3 is 5.97 Å². The number of thiophene rings is 1. The molecule has 1 aliphatic carbocycles. The molecule has 172 valence electrons. The predicted molar refractivity (Wildman–Crippen MR) is 128 cm³/mol. The molecule has 0 bridgehead atoms. The first-order chi connectivity index (χ1) is 15.6. The lowest BCUT2D eigenvalue weighted by Gasteiger charge is -2.29. The third kappa shape index (κ3) is 5.07. The molecule has 2 aromatic rings. The van der Waals surface area contributed by atoms with Gasteiger partial charge in [0.1, 0.15) is 11.0 Å².